The van der Waals surface area contributed by atoms with E-state index >= 15 is 0 Å². The third kappa shape index (κ3) is 2.64. The summed E-state index contributed by atoms with van der Waals surface area (Å²) in [5.74, 6) is -0.0972. The quantitative estimate of drug-likeness (QED) is 0.500. The van der Waals surface area contributed by atoms with E-state index in [0.717, 1.165) is 0 Å². The molecule has 0 saturated carbocycles. The molecule has 0 N–H and O–H groups in total. The van der Waals surface area contributed by atoms with Crippen LogP contribution in [0.5, 0.6) is 0 Å². The summed E-state index contributed by atoms with van der Waals surface area (Å²) in [6.45, 7) is 6.72. The van der Waals surface area contributed by atoms with Gasteiger partial charge in [0.25, 0.3) is 0 Å². The molecule has 0 bridgehead atoms. The number of carbonyl (C=O) groups is 1. The first kappa shape index (κ1) is 7.88. The summed E-state index contributed by atoms with van der Waals surface area (Å²) in [5, 5.41) is 0. The van der Waals surface area contributed by atoms with Crippen LogP contribution in [0, 0.1) is 0 Å². The predicted molar refractivity (Wildman–Crippen MR) is 37.4 cm³/mol. The zero-order valence-electron chi connectivity index (χ0n) is 5.50. The number of hydrogen-bond acceptors (Lipinski definition) is 2. The molecule has 0 aliphatic carbocycles. The van der Waals surface area contributed by atoms with Crippen LogP contribution >= 0.6 is 0 Å². The third-order valence-corrected chi connectivity index (χ3v) is 0.914. The van der Waals surface area contributed by atoms with Crippen molar-refractivity contribution in [1.82, 2.24) is 4.90 Å². The molecule has 0 aromatic carbocycles. The van der Waals surface area contributed by atoms with Crippen molar-refractivity contribution < 1.29 is 4.79 Å². The SMILES string of the molecule is C=CN(C)C(=O)CN=C. The van der Waals surface area contributed by atoms with E-state index in [4.69, 9.17) is 0 Å². The van der Waals surface area contributed by atoms with E-state index in [0.29, 0.717) is 0 Å². The molecule has 0 aliphatic rings. The molecule has 50 valence electrons. The Morgan fingerprint density at radius 2 is 2.44 bits per heavy atom. The lowest BCUT2D eigenvalue weighted by Crippen LogP contribution is -2.22. The van der Waals surface area contributed by atoms with Crippen LogP contribution in [0.15, 0.2) is 17.8 Å². The lowest BCUT2D eigenvalue weighted by Gasteiger charge is -2.07. The summed E-state index contributed by atoms with van der Waals surface area (Å²) in [5.41, 5.74) is 0. The highest BCUT2D eigenvalue weighted by molar-refractivity contribution is 5.79. The Balaban J connectivity index is 3.71. The van der Waals surface area contributed by atoms with Gasteiger partial charge in [-0.2, -0.15) is 0 Å². The van der Waals surface area contributed by atoms with Crippen LogP contribution in [0.25, 0.3) is 0 Å². The maximum atomic E-state index is 10.7. The lowest BCUT2D eigenvalue weighted by atomic mass is 10.5. The number of likely N-dealkylation sites (N-methyl/N-ethyl adjacent to an activating group) is 1. The standard InChI is InChI=1S/C6H10N2O/c1-4-8(3)6(9)5-7-2/h4H,1-2,5H2,3H3. The van der Waals surface area contributed by atoms with Crippen molar-refractivity contribution in [1.29, 1.82) is 0 Å². The number of aliphatic imine (C=N–C) groups is 1. The van der Waals surface area contributed by atoms with Gasteiger partial charge in [-0.15, -0.1) is 0 Å². The smallest absolute Gasteiger partial charge is 0.247 e. The zero-order chi connectivity index (χ0) is 7.28. The summed E-state index contributed by atoms with van der Waals surface area (Å²) in [7, 11) is 1.63. The largest absolute Gasteiger partial charge is 0.321 e. The zero-order valence-corrected chi connectivity index (χ0v) is 5.50. The van der Waals surface area contributed by atoms with Gasteiger partial charge < -0.3 is 4.90 Å². The predicted octanol–water partition coefficient (Wildman–Crippen LogP) is 0.289. The van der Waals surface area contributed by atoms with Gasteiger partial charge in [-0.25, -0.2) is 0 Å². The van der Waals surface area contributed by atoms with E-state index in [1.54, 1.807) is 7.05 Å². The highest BCUT2D eigenvalue weighted by Gasteiger charge is 2.00. The average Bonchev–Trinajstić information content (AvgIpc) is 1.87. The Kier molecular flexibility index (Phi) is 3.35. The molecule has 0 spiro atoms. The van der Waals surface area contributed by atoms with Gasteiger partial charge in [-0.1, -0.05) is 6.58 Å². The fraction of sp³-hybridized carbons (Fsp3) is 0.333. The van der Waals surface area contributed by atoms with E-state index in [9.17, 15) is 4.79 Å². The van der Waals surface area contributed by atoms with Gasteiger partial charge in [0.05, 0.1) is 0 Å². The Morgan fingerprint density at radius 1 is 1.89 bits per heavy atom. The van der Waals surface area contributed by atoms with Gasteiger partial charge >= 0.3 is 0 Å². The molecular formula is C6H10N2O. The maximum Gasteiger partial charge on any atom is 0.247 e. The number of nitrogens with zero attached hydrogens (tertiary/aromatic N) is 2. The van der Waals surface area contributed by atoms with Gasteiger partial charge in [-0.05, 0) is 12.9 Å². The minimum absolute atomic E-state index is 0.0972. The number of rotatable bonds is 3. The summed E-state index contributed by atoms with van der Waals surface area (Å²) in [6, 6.07) is 0. The first-order chi connectivity index (χ1) is 4.22. The molecule has 3 heteroatoms. The maximum absolute atomic E-state index is 10.7. The van der Waals surface area contributed by atoms with E-state index < -0.39 is 0 Å². The van der Waals surface area contributed by atoms with Gasteiger partial charge in [0, 0.05) is 7.05 Å². The minimum Gasteiger partial charge on any atom is -0.321 e. The number of amides is 1. The van der Waals surface area contributed by atoms with Gasteiger partial charge in [-0.3, -0.25) is 9.79 Å². The number of hydrogen-bond donors (Lipinski definition) is 0. The molecule has 0 unspecified atom stereocenters. The van der Waals surface area contributed by atoms with E-state index in [2.05, 4.69) is 18.3 Å². The molecule has 9 heavy (non-hydrogen) atoms. The second-order valence-electron chi connectivity index (χ2n) is 1.57. The van der Waals surface area contributed by atoms with Crippen LogP contribution in [-0.4, -0.2) is 31.1 Å². The molecule has 0 heterocycles. The van der Waals surface area contributed by atoms with Crippen LogP contribution in [-0.2, 0) is 4.79 Å². The monoisotopic (exact) mass is 126 g/mol. The average molecular weight is 126 g/mol. The van der Waals surface area contributed by atoms with Crippen LogP contribution in [0.2, 0.25) is 0 Å². The molecule has 0 aromatic rings. The summed E-state index contributed by atoms with van der Waals surface area (Å²) < 4.78 is 0. The Hall–Kier alpha value is -1.12. The molecule has 0 aromatic heterocycles. The second-order valence-corrected chi connectivity index (χ2v) is 1.57. The van der Waals surface area contributed by atoms with Crippen molar-refractivity contribution in [3.8, 4) is 0 Å². The molecule has 3 nitrogen and oxygen atoms in total. The Morgan fingerprint density at radius 3 is 2.78 bits per heavy atom. The van der Waals surface area contributed by atoms with Crippen LogP contribution in [0.1, 0.15) is 0 Å². The van der Waals surface area contributed by atoms with Crippen molar-refractivity contribution in [2.24, 2.45) is 4.99 Å². The number of carbonyl (C=O) groups excluding carboxylic acids is 1. The Bertz CT molecular complexity index is 131. The molecule has 1 amide bonds. The van der Waals surface area contributed by atoms with Crippen molar-refractivity contribution in [3.05, 3.63) is 12.8 Å². The molecular weight excluding hydrogens is 116 g/mol. The van der Waals surface area contributed by atoms with Crippen LogP contribution in [0.4, 0.5) is 0 Å². The topological polar surface area (TPSA) is 32.7 Å². The van der Waals surface area contributed by atoms with Gasteiger partial charge in [0.1, 0.15) is 6.54 Å². The Labute approximate surface area is 54.7 Å². The molecule has 0 atom stereocenters. The van der Waals surface area contributed by atoms with Crippen molar-refractivity contribution >= 4 is 12.6 Å². The highest BCUT2D eigenvalue weighted by Crippen LogP contribution is 1.83. The highest BCUT2D eigenvalue weighted by atomic mass is 16.2. The van der Waals surface area contributed by atoms with E-state index in [1.807, 2.05) is 0 Å². The minimum atomic E-state index is -0.0972. The fourth-order valence-electron chi connectivity index (χ4n) is 0.309. The van der Waals surface area contributed by atoms with E-state index in [1.165, 1.54) is 11.1 Å². The van der Waals surface area contributed by atoms with E-state index in [-0.39, 0.29) is 12.5 Å². The molecule has 0 radical (unpaired) electrons. The lowest BCUT2D eigenvalue weighted by molar-refractivity contribution is -0.125. The first-order valence-electron chi connectivity index (χ1n) is 2.53. The fourth-order valence-corrected chi connectivity index (χ4v) is 0.309. The molecule has 0 aliphatic heterocycles. The van der Waals surface area contributed by atoms with Crippen molar-refractivity contribution in [2.45, 2.75) is 0 Å². The molecule has 0 fully saturated rings. The third-order valence-electron chi connectivity index (χ3n) is 0.914. The van der Waals surface area contributed by atoms with Crippen molar-refractivity contribution in [2.75, 3.05) is 13.6 Å². The van der Waals surface area contributed by atoms with Gasteiger partial charge in [0.2, 0.25) is 5.91 Å². The second kappa shape index (κ2) is 3.83. The molecule has 0 saturated heterocycles. The summed E-state index contributed by atoms with van der Waals surface area (Å²) >= 11 is 0. The van der Waals surface area contributed by atoms with Crippen molar-refractivity contribution in [3.63, 3.8) is 0 Å². The van der Waals surface area contributed by atoms with Crippen LogP contribution in [0.3, 0.4) is 0 Å². The summed E-state index contributed by atoms with van der Waals surface area (Å²) in [4.78, 5) is 15.5. The first-order valence-corrected chi connectivity index (χ1v) is 2.53. The normalized spacial score (nSPS) is 8.11. The molecule has 0 rings (SSSR count). The summed E-state index contributed by atoms with van der Waals surface area (Å²) in [6.07, 6.45) is 1.44. The van der Waals surface area contributed by atoms with Gasteiger partial charge in [0.15, 0.2) is 0 Å². The van der Waals surface area contributed by atoms with Crippen LogP contribution < -0.4 is 0 Å².